The van der Waals surface area contributed by atoms with Crippen LogP contribution in [0.1, 0.15) is 5.56 Å². The number of aryl methyl sites for hydroxylation is 1. The van der Waals surface area contributed by atoms with Crippen molar-refractivity contribution >= 4 is 50.4 Å². The van der Waals surface area contributed by atoms with Crippen LogP contribution < -0.4 is 4.72 Å². The van der Waals surface area contributed by atoms with Crippen molar-refractivity contribution in [3.63, 3.8) is 0 Å². The first-order valence-electron chi connectivity index (χ1n) is 4.65. The van der Waals surface area contributed by atoms with E-state index >= 15 is 0 Å². The predicted molar refractivity (Wildman–Crippen MR) is 71.9 cm³/mol. The number of thiophene rings is 1. The van der Waals surface area contributed by atoms with E-state index in [0.29, 0.717) is 9.90 Å². The summed E-state index contributed by atoms with van der Waals surface area (Å²) in [6, 6.07) is 2.82. The Bertz CT molecular complexity index is 665. The summed E-state index contributed by atoms with van der Waals surface area (Å²) in [6.45, 7) is 1.74. The smallest absolute Gasteiger partial charge is 0.263 e. The number of halogens is 2. The summed E-state index contributed by atoms with van der Waals surface area (Å²) in [5.74, 6) is 0.108. The Labute approximate surface area is 118 Å². The van der Waals surface area contributed by atoms with Crippen molar-refractivity contribution in [1.29, 1.82) is 0 Å². The lowest BCUT2D eigenvalue weighted by atomic mass is 10.4. The second kappa shape index (κ2) is 5.00. The van der Waals surface area contributed by atoms with E-state index in [4.69, 9.17) is 23.2 Å². The Balaban J connectivity index is 2.33. The minimum absolute atomic E-state index is 0.108. The molecule has 0 saturated heterocycles. The van der Waals surface area contributed by atoms with Gasteiger partial charge in [-0.1, -0.05) is 23.2 Å². The molecule has 0 aliphatic carbocycles. The molecule has 2 rings (SSSR count). The Morgan fingerprint density at radius 3 is 2.56 bits per heavy atom. The van der Waals surface area contributed by atoms with Gasteiger partial charge in [0.05, 0.1) is 4.34 Å². The van der Waals surface area contributed by atoms with Crippen molar-refractivity contribution in [2.24, 2.45) is 0 Å². The molecular weight excluding hydrogens is 317 g/mol. The van der Waals surface area contributed by atoms with E-state index in [1.165, 1.54) is 18.5 Å². The third-order valence-electron chi connectivity index (χ3n) is 1.97. The van der Waals surface area contributed by atoms with Crippen LogP contribution in [0.5, 0.6) is 0 Å². The zero-order chi connectivity index (χ0) is 13.3. The Morgan fingerprint density at radius 2 is 2.00 bits per heavy atom. The van der Waals surface area contributed by atoms with Gasteiger partial charge in [-0.2, -0.15) is 0 Å². The molecule has 9 heteroatoms. The Kier molecular flexibility index (Phi) is 3.76. The monoisotopic (exact) mass is 323 g/mol. The first-order chi connectivity index (χ1) is 8.38. The molecule has 0 unspecified atom stereocenters. The fourth-order valence-electron chi connectivity index (χ4n) is 1.14. The molecule has 2 aromatic rings. The summed E-state index contributed by atoms with van der Waals surface area (Å²) in [4.78, 5) is 7.43. The van der Waals surface area contributed by atoms with E-state index in [9.17, 15) is 8.42 Å². The zero-order valence-corrected chi connectivity index (χ0v) is 12.2. The minimum Gasteiger partial charge on any atom is -0.263 e. The maximum atomic E-state index is 12.0. The first kappa shape index (κ1) is 13.5. The number of sulfonamides is 1. The number of aromatic nitrogens is 2. The molecule has 0 spiro atoms. The largest absolute Gasteiger partial charge is 0.272 e. The van der Waals surface area contributed by atoms with Gasteiger partial charge in [0.25, 0.3) is 10.0 Å². The quantitative estimate of drug-likeness (QED) is 0.881. The van der Waals surface area contributed by atoms with E-state index in [-0.39, 0.29) is 15.2 Å². The van der Waals surface area contributed by atoms with Crippen LogP contribution in [0, 0.1) is 6.92 Å². The van der Waals surface area contributed by atoms with Gasteiger partial charge in [0.1, 0.15) is 21.5 Å². The van der Waals surface area contributed by atoms with Gasteiger partial charge < -0.3 is 0 Å². The lowest BCUT2D eigenvalue weighted by molar-refractivity contribution is 0.603. The van der Waals surface area contributed by atoms with E-state index in [1.54, 1.807) is 6.92 Å². The number of hydrogen-bond acceptors (Lipinski definition) is 5. The summed E-state index contributed by atoms with van der Waals surface area (Å²) in [5, 5.41) is 0.156. The lowest BCUT2D eigenvalue weighted by Crippen LogP contribution is -2.12. The SMILES string of the molecule is Cc1cc(S(=O)(=O)Nc2cc(Cl)ncn2)sc1Cl. The fraction of sp³-hybridized carbons (Fsp3) is 0.111. The van der Waals surface area contributed by atoms with Crippen molar-refractivity contribution in [1.82, 2.24) is 9.97 Å². The highest BCUT2D eigenvalue weighted by Crippen LogP contribution is 2.31. The number of anilines is 1. The molecule has 5 nitrogen and oxygen atoms in total. The summed E-state index contributed by atoms with van der Waals surface area (Å²) < 4.78 is 26.9. The lowest BCUT2D eigenvalue weighted by Gasteiger charge is -2.04. The van der Waals surface area contributed by atoms with E-state index in [2.05, 4.69) is 14.7 Å². The molecule has 0 atom stereocenters. The maximum absolute atomic E-state index is 12.0. The van der Waals surface area contributed by atoms with Crippen LogP contribution >= 0.6 is 34.5 Å². The minimum atomic E-state index is -3.70. The number of nitrogens with one attached hydrogen (secondary N) is 1. The molecule has 2 heterocycles. The van der Waals surface area contributed by atoms with Crippen molar-refractivity contribution in [3.8, 4) is 0 Å². The average molecular weight is 324 g/mol. The average Bonchev–Trinajstić information content (AvgIpc) is 2.59. The van der Waals surface area contributed by atoms with Gasteiger partial charge in [0.15, 0.2) is 0 Å². The van der Waals surface area contributed by atoms with Crippen molar-refractivity contribution in [2.75, 3.05) is 4.72 Å². The predicted octanol–water partition coefficient (Wildman–Crippen LogP) is 2.95. The van der Waals surface area contributed by atoms with Crippen LogP contribution in [0.15, 0.2) is 22.7 Å². The molecule has 2 aromatic heterocycles. The third kappa shape index (κ3) is 2.92. The second-order valence-electron chi connectivity index (χ2n) is 3.35. The first-order valence-corrected chi connectivity index (χ1v) is 7.70. The van der Waals surface area contributed by atoms with Crippen LogP contribution in [0.4, 0.5) is 5.82 Å². The third-order valence-corrected chi connectivity index (χ3v) is 5.56. The molecule has 0 bridgehead atoms. The van der Waals surface area contributed by atoms with E-state index in [1.807, 2.05) is 0 Å². The summed E-state index contributed by atoms with van der Waals surface area (Å²) >= 11 is 12.5. The van der Waals surface area contributed by atoms with Crippen LogP contribution in [-0.4, -0.2) is 18.4 Å². The molecule has 0 aromatic carbocycles. The standard InChI is InChI=1S/C9H7Cl2N3O2S2/c1-5-2-8(17-9(5)11)18(15,16)14-7-3-6(10)12-4-13-7/h2-4H,1H3,(H,12,13,14). The van der Waals surface area contributed by atoms with Crippen molar-refractivity contribution < 1.29 is 8.42 Å². The van der Waals surface area contributed by atoms with Crippen LogP contribution in [0.3, 0.4) is 0 Å². The maximum Gasteiger partial charge on any atom is 0.272 e. The molecule has 1 N–H and O–H groups in total. The highest BCUT2D eigenvalue weighted by atomic mass is 35.5. The summed E-state index contributed by atoms with van der Waals surface area (Å²) in [6.07, 6.45) is 1.17. The van der Waals surface area contributed by atoms with Gasteiger partial charge in [-0.15, -0.1) is 11.3 Å². The van der Waals surface area contributed by atoms with Crippen LogP contribution in [0.25, 0.3) is 0 Å². The molecule has 0 aliphatic heterocycles. The molecule has 96 valence electrons. The Hall–Kier alpha value is -0.890. The molecule has 0 saturated carbocycles. The molecule has 18 heavy (non-hydrogen) atoms. The topological polar surface area (TPSA) is 72.0 Å². The van der Waals surface area contributed by atoms with Gasteiger partial charge in [-0.25, -0.2) is 18.4 Å². The zero-order valence-electron chi connectivity index (χ0n) is 9.02. The van der Waals surface area contributed by atoms with Gasteiger partial charge in [0.2, 0.25) is 0 Å². The molecular formula is C9H7Cl2N3O2S2. The number of nitrogens with zero attached hydrogens (tertiary/aromatic N) is 2. The van der Waals surface area contributed by atoms with E-state index in [0.717, 1.165) is 11.3 Å². The molecule has 0 fully saturated rings. The highest BCUT2D eigenvalue weighted by molar-refractivity contribution is 7.94. The van der Waals surface area contributed by atoms with Crippen molar-refractivity contribution in [2.45, 2.75) is 11.1 Å². The number of rotatable bonds is 3. The Morgan fingerprint density at radius 1 is 1.28 bits per heavy atom. The fourth-order valence-corrected chi connectivity index (χ4v) is 4.00. The van der Waals surface area contributed by atoms with Gasteiger partial charge in [-0.3, -0.25) is 4.72 Å². The second-order valence-corrected chi connectivity index (χ2v) is 7.30. The van der Waals surface area contributed by atoms with Gasteiger partial charge in [0, 0.05) is 6.07 Å². The molecule has 0 aliphatic rings. The summed E-state index contributed by atoms with van der Waals surface area (Å²) in [5.41, 5.74) is 0.711. The molecule has 0 radical (unpaired) electrons. The van der Waals surface area contributed by atoms with Gasteiger partial charge >= 0.3 is 0 Å². The normalized spacial score (nSPS) is 11.5. The van der Waals surface area contributed by atoms with Gasteiger partial charge in [-0.05, 0) is 18.6 Å². The van der Waals surface area contributed by atoms with Crippen LogP contribution in [0.2, 0.25) is 9.49 Å². The molecule has 0 amide bonds. The highest BCUT2D eigenvalue weighted by Gasteiger charge is 2.19. The summed E-state index contributed by atoms with van der Waals surface area (Å²) in [7, 11) is -3.70. The van der Waals surface area contributed by atoms with Crippen LogP contribution in [-0.2, 0) is 10.0 Å². The number of hydrogen-bond donors (Lipinski definition) is 1. The van der Waals surface area contributed by atoms with E-state index < -0.39 is 10.0 Å². The van der Waals surface area contributed by atoms with Crippen molar-refractivity contribution in [3.05, 3.63) is 33.5 Å².